The van der Waals surface area contributed by atoms with Gasteiger partial charge in [-0.3, -0.25) is 4.79 Å². The molecule has 0 saturated carbocycles. The maximum atomic E-state index is 12.5. The standard InChI is InChI=1S/C18H22N2OS/c19-12-16-7-3-4-10-20(16)18(21)13-22-17-9-8-14-5-1-2-6-15(14)11-17/h1-2,5-6,8-9,11,16H,3-4,7,10,12-13,19H2/t16-/m0/s1. The lowest BCUT2D eigenvalue weighted by molar-refractivity contribution is -0.131. The second-order valence-corrected chi connectivity index (χ2v) is 6.82. The van der Waals surface area contributed by atoms with E-state index in [1.54, 1.807) is 11.8 Å². The zero-order chi connectivity index (χ0) is 15.4. The zero-order valence-corrected chi connectivity index (χ0v) is 13.5. The van der Waals surface area contributed by atoms with Gasteiger partial charge in [0, 0.05) is 24.0 Å². The highest BCUT2D eigenvalue weighted by molar-refractivity contribution is 8.00. The quantitative estimate of drug-likeness (QED) is 0.881. The van der Waals surface area contributed by atoms with E-state index in [0.29, 0.717) is 12.3 Å². The van der Waals surface area contributed by atoms with Crippen molar-refractivity contribution < 1.29 is 4.79 Å². The highest BCUT2D eigenvalue weighted by Gasteiger charge is 2.25. The van der Waals surface area contributed by atoms with Gasteiger partial charge in [-0.05, 0) is 42.2 Å². The number of piperidine rings is 1. The molecule has 0 unspecified atom stereocenters. The third-order valence-corrected chi connectivity index (χ3v) is 5.28. The lowest BCUT2D eigenvalue weighted by Crippen LogP contribution is -2.48. The van der Waals surface area contributed by atoms with E-state index in [4.69, 9.17) is 5.73 Å². The van der Waals surface area contributed by atoms with Gasteiger partial charge in [0.1, 0.15) is 0 Å². The first kappa shape index (κ1) is 15.4. The fourth-order valence-corrected chi connectivity index (χ4v) is 3.89. The van der Waals surface area contributed by atoms with Crippen LogP contribution in [0.25, 0.3) is 10.8 Å². The molecule has 1 amide bonds. The lowest BCUT2D eigenvalue weighted by atomic mass is 10.0. The minimum Gasteiger partial charge on any atom is -0.338 e. The van der Waals surface area contributed by atoms with Crippen molar-refractivity contribution in [2.75, 3.05) is 18.8 Å². The molecule has 0 aliphatic carbocycles. The van der Waals surface area contributed by atoms with E-state index in [1.165, 1.54) is 17.2 Å². The van der Waals surface area contributed by atoms with Gasteiger partial charge in [-0.2, -0.15) is 0 Å². The number of carbonyl (C=O) groups excluding carboxylic acids is 1. The Balaban J connectivity index is 1.64. The van der Waals surface area contributed by atoms with Crippen molar-refractivity contribution in [3.8, 4) is 0 Å². The second kappa shape index (κ2) is 7.16. The number of nitrogens with zero attached hydrogens (tertiary/aromatic N) is 1. The third-order valence-electron chi connectivity index (χ3n) is 4.30. The maximum absolute atomic E-state index is 12.5. The van der Waals surface area contributed by atoms with Crippen LogP contribution in [0.3, 0.4) is 0 Å². The predicted molar refractivity (Wildman–Crippen MR) is 93.1 cm³/mol. The number of carbonyl (C=O) groups is 1. The van der Waals surface area contributed by atoms with E-state index >= 15 is 0 Å². The summed E-state index contributed by atoms with van der Waals surface area (Å²) in [6.07, 6.45) is 3.33. The molecular weight excluding hydrogens is 292 g/mol. The number of hydrogen-bond acceptors (Lipinski definition) is 3. The monoisotopic (exact) mass is 314 g/mol. The molecule has 1 atom stereocenters. The number of nitrogens with two attached hydrogens (primary N) is 1. The van der Waals surface area contributed by atoms with Crippen LogP contribution in [0.4, 0.5) is 0 Å². The second-order valence-electron chi connectivity index (χ2n) is 5.77. The average Bonchev–Trinajstić information content (AvgIpc) is 2.59. The van der Waals surface area contributed by atoms with Crippen LogP contribution in [-0.2, 0) is 4.79 Å². The molecule has 3 nitrogen and oxygen atoms in total. The van der Waals surface area contributed by atoms with Crippen molar-refractivity contribution in [3.63, 3.8) is 0 Å². The van der Waals surface area contributed by atoms with Crippen LogP contribution < -0.4 is 5.73 Å². The summed E-state index contributed by atoms with van der Waals surface area (Å²) in [5, 5.41) is 2.45. The molecule has 4 heteroatoms. The van der Waals surface area contributed by atoms with Gasteiger partial charge in [-0.1, -0.05) is 30.3 Å². The van der Waals surface area contributed by atoms with E-state index in [0.717, 1.165) is 24.3 Å². The largest absolute Gasteiger partial charge is 0.338 e. The minimum absolute atomic E-state index is 0.216. The Morgan fingerprint density at radius 1 is 1.18 bits per heavy atom. The molecule has 116 valence electrons. The van der Waals surface area contributed by atoms with Crippen molar-refractivity contribution >= 4 is 28.4 Å². The van der Waals surface area contributed by atoms with Crippen molar-refractivity contribution in [2.24, 2.45) is 5.73 Å². The van der Waals surface area contributed by atoms with Crippen molar-refractivity contribution in [2.45, 2.75) is 30.2 Å². The molecule has 2 aromatic rings. The summed E-state index contributed by atoms with van der Waals surface area (Å²) >= 11 is 1.62. The number of hydrogen-bond donors (Lipinski definition) is 1. The van der Waals surface area contributed by atoms with Crippen LogP contribution in [0.2, 0.25) is 0 Å². The maximum Gasteiger partial charge on any atom is 0.233 e. The summed E-state index contributed by atoms with van der Waals surface area (Å²) in [4.78, 5) is 15.6. The first-order chi connectivity index (χ1) is 10.8. The zero-order valence-electron chi connectivity index (χ0n) is 12.7. The minimum atomic E-state index is 0.216. The van der Waals surface area contributed by atoms with Gasteiger partial charge in [-0.15, -0.1) is 11.8 Å². The number of rotatable bonds is 4. The molecule has 1 fully saturated rings. The lowest BCUT2D eigenvalue weighted by Gasteiger charge is -2.35. The first-order valence-corrected chi connectivity index (χ1v) is 8.87. The fourth-order valence-electron chi connectivity index (χ4n) is 3.06. The third kappa shape index (κ3) is 3.45. The predicted octanol–water partition coefficient (Wildman–Crippen LogP) is 3.27. The Labute approximate surface area is 135 Å². The number of benzene rings is 2. The van der Waals surface area contributed by atoms with Gasteiger partial charge in [0.2, 0.25) is 5.91 Å². The van der Waals surface area contributed by atoms with Gasteiger partial charge in [0.15, 0.2) is 0 Å². The summed E-state index contributed by atoms with van der Waals surface area (Å²) in [5.74, 6) is 0.711. The topological polar surface area (TPSA) is 46.3 Å². The number of fused-ring (bicyclic) bond motifs is 1. The van der Waals surface area contributed by atoms with Crippen LogP contribution in [0, 0.1) is 0 Å². The molecule has 0 spiro atoms. The van der Waals surface area contributed by atoms with Gasteiger partial charge in [0.05, 0.1) is 5.75 Å². The Kier molecular flexibility index (Phi) is 5.01. The van der Waals surface area contributed by atoms with E-state index in [-0.39, 0.29) is 11.9 Å². The van der Waals surface area contributed by atoms with E-state index in [9.17, 15) is 4.79 Å². The number of thioether (sulfide) groups is 1. The summed E-state index contributed by atoms with van der Waals surface area (Å²) in [5.41, 5.74) is 5.80. The first-order valence-electron chi connectivity index (χ1n) is 7.89. The molecule has 0 bridgehead atoms. The average molecular weight is 314 g/mol. The van der Waals surface area contributed by atoms with Crippen LogP contribution in [0.15, 0.2) is 47.4 Å². The molecule has 1 heterocycles. The summed E-state index contributed by atoms with van der Waals surface area (Å²) < 4.78 is 0. The summed E-state index contributed by atoms with van der Waals surface area (Å²) in [6.45, 7) is 1.44. The van der Waals surface area contributed by atoms with Gasteiger partial charge in [0.25, 0.3) is 0 Å². The van der Waals surface area contributed by atoms with E-state index < -0.39 is 0 Å². The van der Waals surface area contributed by atoms with E-state index in [2.05, 4.69) is 30.3 Å². The van der Waals surface area contributed by atoms with Crippen LogP contribution in [-0.4, -0.2) is 35.7 Å². The molecule has 22 heavy (non-hydrogen) atoms. The van der Waals surface area contributed by atoms with Crippen LogP contribution >= 0.6 is 11.8 Å². The van der Waals surface area contributed by atoms with Crippen LogP contribution in [0.5, 0.6) is 0 Å². The molecule has 0 radical (unpaired) electrons. The van der Waals surface area contributed by atoms with Gasteiger partial charge >= 0.3 is 0 Å². The molecular formula is C18H22N2OS. The molecule has 2 aromatic carbocycles. The normalized spacial score (nSPS) is 18.6. The Bertz CT molecular complexity index is 658. The Hall–Kier alpha value is -1.52. The SMILES string of the molecule is NC[C@@H]1CCCCN1C(=O)CSc1ccc2ccccc2c1. The highest BCUT2D eigenvalue weighted by Crippen LogP contribution is 2.25. The molecule has 3 rings (SSSR count). The van der Waals surface area contributed by atoms with Crippen molar-refractivity contribution in [3.05, 3.63) is 42.5 Å². The smallest absolute Gasteiger partial charge is 0.233 e. The van der Waals surface area contributed by atoms with Gasteiger partial charge < -0.3 is 10.6 Å². The Morgan fingerprint density at radius 3 is 2.82 bits per heavy atom. The van der Waals surface area contributed by atoms with Crippen molar-refractivity contribution in [1.82, 2.24) is 4.90 Å². The molecule has 1 aliphatic rings. The summed E-state index contributed by atoms with van der Waals surface area (Å²) in [6, 6.07) is 14.9. The number of amides is 1. The summed E-state index contributed by atoms with van der Waals surface area (Å²) in [7, 11) is 0. The highest BCUT2D eigenvalue weighted by atomic mass is 32.2. The van der Waals surface area contributed by atoms with E-state index in [1.807, 2.05) is 17.0 Å². The Morgan fingerprint density at radius 2 is 2.00 bits per heavy atom. The molecule has 1 aliphatic heterocycles. The van der Waals surface area contributed by atoms with Crippen molar-refractivity contribution in [1.29, 1.82) is 0 Å². The molecule has 2 N–H and O–H groups in total. The molecule has 1 saturated heterocycles. The molecule has 0 aromatic heterocycles. The number of likely N-dealkylation sites (tertiary alicyclic amines) is 1. The van der Waals surface area contributed by atoms with Crippen LogP contribution in [0.1, 0.15) is 19.3 Å². The fraction of sp³-hybridized carbons (Fsp3) is 0.389. The van der Waals surface area contributed by atoms with Gasteiger partial charge in [-0.25, -0.2) is 0 Å².